The third kappa shape index (κ3) is 5.09. The van der Waals surface area contributed by atoms with E-state index in [1.807, 2.05) is 24.3 Å². The first-order valence-corrected chi connectivity index (χ1v) is 7.07. The maximum Gasteiger partial charge on any atom is 0.121 e. The lowest BCUT2D eigenvalue weighted by atomic mass is 10.2. The minimum Gasteiger partial charge on any atom is -0.491 e. The van der Waals surface area contributed by atoms with E-state index in [1.54, 1.807) is 0 Å². The number of hydrogen-bond acceptors (Lipinski definition) is 4. The number of aliphatic hydroxyl groups is 1. The first-order valence-electron chi connectivity index (χ1n) is 7.07. The Hall–Kier alpha value is -1.26. The number of aliphatic hydroxyl groups excluding tert-OH is 1. The van der Waals surface area contributed by atoms with E-state index < -0.39 is 0 Å². The van der Waals surface area contributed by atoms with Gasteiger partial charge in [-0.05, 0) is 37.8 Å². The highest BCUT2D eigenvalue weighted by molar-refractivity contribution is 5.48. The SMILES string of the molecule is OCCCCNc1cccc(OCC2CCCO2)c1. The Morgan fingerprint density at radius 2 is 2.32 bits per heavy atom. The van der Waals surface area contributed by atoms with Crippen LogP contribution in [0.1, 0.15) is 25.7 Å². The van der Waals surface area contributed by atoms with Crippen molar-refractivity contribution in [1.82, 2.24) is 0 Å². The molecule has 2 rings (SSSR count). The van der Waals surface area contributed by atoms with Gasteiger partial charge in [-0.2, -0.15) is 0 Å². The molecule has 4 nitrogen and oxygen atoms in total. The molecule has 2 N–H and O–H groups in total. The topological polar surface area (TPSA) is 50.7 Å². The molecule has 1 aromatic carbocycles. The van der Waals surface area contributed by atoms with E-state index in [9.17, 15) is 0 Å². The van der Waals surface area contributed by atoms with Crippen molar-refractivity contribution in [2.24, 2.45) is 0 Å². The van der Waals surface area contributed by atoms with E-state index in [0.717, 1.165) is 50.3 Å². The maximum absolute atomic E-state index is 8.72. The van der Waals surface area contributed by atoms with Crippen molar-refractivity contribution in [3.8, 4) is 5.75 Å². The monoisotopic (exact) mass is 265 g/mol. The summed E-state index contributed by atoms with van der Waals surface area (Å²) in [5.41, 5.74) is 1.06. The van der Waals surface area contributed by atoms with Crippen molar-refractivity contribution in [1.29, 1.82) is 0 Å². The van der Waals surface area contributed by atoms with Crippen molar-refractivity contribution in [3.05, 3.63) is 24.3 Å². The average molecular weight is 265 g/mol. The Labute approximate surface area is 114 Å². The highest BCUT2D eigenvalue weighted by atomic mass is 16.5. The second kappa shape index (κ2) is 8.02. The zero-order chi connectivity index (χ0) is 13.3. The number of hydrogen-bond donors (Lipinski definition) is 2. The summed E-state index contributed by atoms with van der Waals surface area (Å²) in [6.07, 6.45) is 4.29. The van der Waals surface area contributed by atoms with Crippen LogP contribution >= 0.6 is 0 Å². The van der Waals surface area contributed by atoms with Gasteiger partial charge in [-0.3, -0.25) is 0 Å². The summed E-state index contributed by atoms with van der Waals surface area (Å²) in [5, 5.41) is 12.0. The lowest BCUT2D eigenvalue weighted by molar-refractivity contribution is 0.0680. The molecule has 1 atom stereocenters. The molecule has 106 valence electrons. The average Bonchev–Trinajstić information content (AvgIpc) is 2.95. The largest absolute Gasteiger partial charge is 0.491 e. The zero-order valence-corrected chi connectivity index (χ0v) is 11.3. The molecular formula is C15H23NO3. The van der Waals surface area contributed by atoms with Gasteiger partial charge in [0.05, 0.1) is 6.10 Å². The molecule has 1 aliphatic heterocycles. The van der Waals surface area contributed by atoms with Crippen molar-refractivity contribution >= 4 is 5.69 Å². The third-order valence-electron chi connectivity index (χ3n) is 3.21. The number of unbranched alkanes of at least 4 members (excludes halogenated alkanes) is 1. The summed E-state index contributed by atoms with van der Waals surface area (Å²) in [5.74, 6) is 0.877. The van der Waals surface area contributed by atoms with Crippen LogP contribution < -0.4 is 10.1 Å². The van der Waals surface area contributed by atoms with E-state index in [-0.39, 0.29) is 12.7 Å². The van der Waals surface area contributed by atoms with Gasteiger partial charge in [0.1, 0.15) is 12.4 Å². The van der Waals surface area contributed by atoms with Crippen molar-refractivity contribution < 1.29 is 14.6 Å². The quantitative estimate of drug-likeness (QED) is 0.709. The summed E-state index contributed by atoms with van der Waals surface area (Å²) < 4.78 is 11.3. The van der Waals surface area contributed by atoms with Gasteiger partial charge in [0.25, 0.3) is 0 Å². The van der Waals surface area contributed by atoms with Crippen LogP contribution in [0.25, 0.3) is 0 Å². The van der Waals surface area contributed by atoms with Gasteiger partial charge in [0, 0.05) is 31.5 Å². The molecule has 19 heavy (non-hydrogen) atoms. The van der Waals surface area contributed by atoms with E-state index in [2.05, 4.69) is 5.32 Å². The lowest BCUT2D eigenvalue weighted by Gasteiger charge is -2.13. The molecule has 4 heteroatoms. The van der Waals surface area contributed by atoms with Crippen molar-refractivity contribution in [2.75, 3.05) is 31.7 Å². The summed E-state index contributed by atoms with van der Waals surface area (Å²) >= 11 is 0. The Balaban J connectivity index is 1.74. The number of rotatable bonds is 8. The number of nitrogens with one attached hydrogen (secondary N) is 1. The van der Waals surface area contributed by atoms with Gasteiger partial charge >= 0.3 is 0 Å². The molecule has 0 bridgehead atoms. The minimum atomic E-state index is 0.251. The molecule has 1 saturated heterocycles. The van der Waals surface area contributed by atoms with Crippen molar-refractivity contribution in [3.63, 3.8) is 0 Å². The second-order valence-electron chi connectivity index (χ2n) is 4.83. The van der Waals surface area contributed by atoms with Crippen LogP contribution in [0.5, 0.6) is 5.75 Å². The predicted molar refractivity (Wildman–Crippen MR) is 75.7 cm³/mol. The Kier molecular flexibility index (Phi) is 5.98. The smallest absolute Gasteiger partial charge is 0.121 e. The fourth-order valence-electron chi connectivity index (χ4n) is 2.13. The summed E-state index contributed by atoms with van der Waals surface area (Å²) in [4.78, 5) is 0. The number of ether oxygens (including phenoxy) is 2. The Morgan fingerprint density at radius 3 is 3.11 bits per heavy atom. The highest BCUT2D eigenvalue weighted by Gasteiger charge is 2.15. The van der Waals surface area contributed by atoms with Crippen LogP contribution in [0.15, 0.2) is 24.3 Å². The van der Waals surface area contributed by atoms with Crippen LogP contribution in [0.2, 0.25) is 0 Å². The standard InChI is InChI=1S/C15H23NO3/c17-9-2-1-8-16-13-5-3-6-14(11-13)19-12-15-7-4-10-18-15/h3,5-6,11,15-17H,1-2,4,7-10,12H2. The molecule has 1 unspecified atom stereocenters. The molecule has 0 aromatic heterocycles. The molecule has 0 saturated carbocycles. The normalized spacial score (nSPS) is 18.5. The van der Waals surface area contributed by atoms with E-state index in [1.165, 1.54) is 0 Å². The molecule has 0 aliphatic carbocycles. The van der Waals surface area contributed by atoms with Gasteiger partial charge in [-0.25, -0.2) is 0 Å². The maximum atomic E-state index is 8.72. The van der Waals surface area contributed by atoms with Gasteiger partial charge in [0.2, 0.25) is 0 Å². The summed E-state index contributed by atoms with van der Waals surface area (Å²) in [7, 11) is 0. The zero-order valence-electron chi connectivity index (χ0n) is 11.3. The van der Waals surface area contributed by atoms with Gasteiger partial charge < -0.3 is 19.9 Å². The first-order chi connectivity index (χ1) is 9.38. The van der Waals surface area contributed by atoms with Crippen LogP contribution in [0, 0.1) is 0 Å². The number of benzene rings is 1. The molecule has 0 amide bonds. The lowest BCUT2D eigenvalue weighted by Crippen LogP contribution is -2.16. The summed E-state index contributed by atoms with van der Waals surface area (Å²) in [6.45, 7) is 2.62. The Morgan fingerprint density at radius 1 is 1.37 bits per heavy atom. The fraction of sp³-hybridized carbons (Fsp3) is 0.600. The predicted octanol–water partition coefficient (Wildman–Crippen LogP) is 2.43. The summed E-state index contributed by atoms with van der Waals surface area (Å²) in [6, 6.07) is 7.98. The third-order valence-corrected chi connectivity index (χ3v) is 3.21. The minimum absolute atomic E-state index is 0.251. The van der Waals surface area contributed by atoms with Crippen LogP contribution in [-0.2, 0) is 4.74 Å². The first kappa shape index (κ1) is 14.2. The van der Waals surface area contributed by atoms with Crippen LogP contribution in [0.4, 0.5) is 5.69 Å². The van der Waals surface area contributed by atoms with E-state index in [0.29, 0.717) is 6.61 Å². The molecule has 1 aliphatic rings. The van der Waals surface area contributed by atoms with Gasteiger partial charge in [-0.15, -0.1) is 0 Å². The molecule has 0 spiro atoms. The van der Waals surface area contributed by atoms with Crippen LogP contribution in [-0.4, -0.2) is 37.6 Å². The molecule has 1 aromatic rings. The van der Waals surface area contributed by atoms with Crippen LogP contribution in [0.3, 0.4) is 0 Å². The van der Waals surface area contributed by atoms with Crippen molar-refractivity contribution in [2.45, 2.75) is 31.8 Å². The fourth-order valence-corrected chi connectivity index (χ4v) is 2.13. The van der Waals surface area contributed by atoms with Gasteiger partial charge in [0.15, 0.2) is 0 Å². The van der Waals surface area contributed by atoms with Gasteiger partial charge in [-0.1, -0.05) is 6.07 Å². The Bertz CT molecular complexity index is 364. The molecule has 1 heterocycles. The second-order valence-corrected chi connectivity index (χ2v) is 4.83. The van der Waals surface area contributed by atoms with E-state index in [4.69, 9.17) is 14.6 Å². The molecule has 1 fully saturated rings. The van der Waals surface area contributed by atoms with E-state index >= 15 is 0 Å². The molecule has 0 radical (unpaired) electrons. The molecular weight excluding hydrogens is 242 g/mol. The highest BCUT2D eigenvalue weighted by Crippen LogP contribution is 2.19. The number of anilines is 1.